The number of H-pyrrole nitrogens is 2. The summed E-state index contributed by atoms with van der Waals surface area (Å²) in [6, 6.07) is 7.66. The van der Waals surface area contributed by atoms with Gasteiger partial charge in [-0.05, 0) is 69.4 Å². The molecule has 0 saturated carbocycles. The molecule has 0 fully saturated rings. The molecular formula is C22H14F4I2N6. The summed E-state index contributed by atoms with van der Waals surface area (Å²) in [4.78, 5) is 22.1. The Hall–Kier alpha value is -2.88. The number of hydrogen-bond acceptors (Lipinski definition) is 4. The van der Waals surface area contributed by atoms with E-state index < -0.39 is 30.4 Å². The Morgan fingerprint density at radius 3 is 1.12 bits per heavy atom. The van der Waals surface area contributed by atoms with Gasteiger partial charge in [0.05, 0.1) is 7.14 Å². The molecule has 1 aromatic carbocycles. The Balaban J connectivity index is 0.000000143. The number of aromatic nitrogens is 6. The first-order valence-electron chi connectivity index (χ1n) is 9.36. The maximum atomic E-state index is 12.6. The Labute approximate surface area is 218 Å². The number of halogens is 6. The first-order chi connectivity index (χ1) is 16.4. The number of aromatic amines is 2. The highest BCUT2D eigenvalue weighted by Crippen LogP contribution is 2.26. The molecule has 4 heterocycles. The highest BCUT2D eigenvalue weighted by molar-refractivity contribution is 14.1. The zero-order valence-corrected chi connectivity index (χ0v) is 21.3. The minimum Gasteiger partial charge on any atom is -0.345 e. The third-order valence-corrected chi connectivity index (χ3v) is 5.95. The maximum Gasteiger partial charge on any atom is 0.176 e. The van der Waals surface area contributed by atoms with Crippen LogP contribution >= 0.6 is 45.2 Å². The van der Waals surface area contributed by atoms with Crippen molar-refractivity contribution in [2.75, 3.05) is 0 Å². The molecule has 0 unspecified atom stereocenters. The number of hydrogen-bond donors (Lipinski definition) is 2. The largest absolute Gasteiger partial charge is 0.345 e. The summed E-state index contributed by atoms with van der Waals surface area (Å²) in [6.07, 6.45) is 14.1. The molecule has 0 radical (unpaired) electrons. The zero-order valence-electron chi connectivity index (χ0n) is 17.0. The zero-order chi connectivity index (χ0) is 24.5. The summed E-state index contributed by atoms with van der Waals surface area (Å²) in [6.45, 7) is 0. The van der Waals surface area contributed by atoms with E-state index in [4.69, 9.17) is 0 Å². The van der Waals surface area contributed by atoms with Gasteiger partial charge in [0, 0.05) is 60.7 Å². The quantitative estimate of drug-likeness (QED) is 0.0973. The molecule has 12 heteroatoms. The Bertz CT molecular complexity index is 1130. The second-order valence-electron chi connectivity index (χ2n) is 6.23. The smallest absolute Gasteiger partial charge is 0.176 e. The van der Waals surface area contributed by atoms with Gasteiger partial charge in [-0.2, -0.15) is 0 Å². The molecule has 4 aromatic heterocycles. The Kier molecular flexibility index (Phi) is 9.50. The van der Waals surface area contributed by atoms with Gasteiger partial charge in [-0.3, -0.25) is 9.97 Å². The summed E-state index contributed by atoms with van der Waals surface area (Å²) in [7, 11) is 0. The molecule has 0 amide bonds. The van der Waals surface area contributed by atoms with Gasteiger partial charge >= 0.3 is 0 Å². The summed E-state index contributed by atoms with van der Waals surface area (Å²) in [5.74, 6) is -3.63. The minimum absolute atomic E-state index is 0.664. The summed E-state index contributed by atoms with van der Waals surface area (Å²) in [5.41, 5.74) is 2.12. The molecular weight excluding hydrogens is 678 g/mol. The SMILES string of the molecule is Fc1c(F)c(I)c(F)c(F)c1I.c1cc(-c2ncc[nH]2)ccn1.c1cc(-c2ncc[nH]2)ccn1. The number of imidazole rings is 2. The third-order valence-electron chi connectivity index (χ3n) is 4.06. The van der Waals surface area contributed by atoms with Crippen LogP contribution in [0.25, 0.3) is 22.8 Å². The van der Waals surface area contributed by atoms with Crippen molar-refractivity contribution in [2.24, 2.45) is 0 Å². The van der Waals surface area contributed by atoms with Gasteiger partial charge in [0.15, 0.2) is 23.3 Å². The standard InChI is InChI=1S/2C8H7N3.C6F4I2/c2*1-3-9-4-2-7(1)8-10-5-6-11-8;7-1-2(8)6(12)4(10)3(9)5(1)11/h2*1-6H,(H,10,11);. The van der Waals surface area contributed by atoms with Crippen molar-refractivity contribution in [3.05, 3.63) is 104 Å². The van der Waals surface area contributed by atoms with Crippen molar-refractivity contribution in [1.82, 2.24) is 29.9 Å². The van der Waals surface area contributed by atoms with Crippen LogP contribution in [0, 0.1) is 30.4 Å². The molecule has 0 bridgehead atoms. The van der Waals surface area contributed by atoms with E-state index in [2.05, 4.69) is 29.9 Å². The van der Waals surface area contributed by atoms with E-state index in [0.717, 1.165) is 22.8 Å². The van der Waals surface area contributed by atoms with E-state index in [1.54, 1.807) is 49.6 Å². The molecule has 6 nitrogen and oxygen atoms in total. The fourth-order valence-corrected chi connectivity index (χ4v) is 3.39. The van der Waals surface area contributed by atoms with Crippen LogP contribution in [0.2, 0.25) is 0 Å². The van der Waals surface area contributed by atoms with Crippen molar-refractivity contribution in [3.8, 4) is 22.8 Å². The summed E-state index contributed by atoms with van der Waals surface area (Å²) < 4.78 is 49.2. The fourth-order valence-electron chi connectivity index (χ4n) is 2.44. The molecule has 5 rings (SSSR count). The van der Waals surface area contributed by atoms with Crippen LogP contribution in [0.15, 0.2) is 73.8 Å². The van der Waals surface area contributed by atoms with Gasteiger partial charge < -0.3 is 9.97 Å². The van der Waals surface area contributed by atoms with Crippen molar-refractivity contribution < 1.29 is 17.6 Å². The number of pyridine rings is 2. The number of benzene rings is 1. The third kappa shape index (κ3) is 6.59. The average Bonchev–Trinajstić information content (AvgIpc) is 3.62. The van der Waals surface area contributed by atoms with Gasteiger partial charge in [-0.1, -0.05) is 0 Å². The minimum atomic E-state index is -1.35. The highest BCUT2D eigenvalue weighted by atomic mass is 127. The van der Waals surface area contributed by atoms with E-state index >= 15 is 0 Å². The second kappa shape index (κ2) is 12.5. The van der Waals surface area contributed by atoms with Crippen LogP contribution in [0.4, 0.5) is 17.6 Å². The highest BCUT2D eigenvalue weighted by Gasteiger charge is 2.21. The lowest BCUT2D eigenvalue weighted by atomic mass is 10.3. The summed E-state index contributed by atoms with van der Waals surface area (Å²) >= 11 is 2.41. The van der Waals surface area contributed by atoms with E-state index in [-0.39, 0.29) is 0 Å². The second-order valence-corrected chi connectivity index (χ2v) is 8.39. The topological polar surface area (TPSA) is 83.1 Å². The number of rotatable bonds is 2. The van der Waals surface area contributed by atoms with Crippen molar-refractivity contribution in [1.29, 1.82) is 0 Å². The van der Waals surface area contributed by atoms with E-state index in [1.807, 2.05) is 24.3 Å². The van der Waals surface area contributed by atoms with Gasteiger partial charge in [0.1, 0.15) is 11.6 Å². The molecule has 174 valence electrons. The van der Waals surface area contributed by atoms with Crippen LogP contribution in [0.3, 0.4) is 0 Å². The van der Waals surface area contributed by atoms with Gasteiger partial charge in [0.2, 0.25) is 0 Å². The molecule has 0 aliphatic heterocycles. The first-order valence-corrected chi connectivity index (χ1v) is 11.5. The van der Waals surface area contributed by atoms with Crippen LogP contribution in [-0.2, 0) is 0 Å². The summed E-state index contributed by atoms with van der Waals surface area (Å²) in [5, 5.41) is 0. The molecule has 0 saturated heterocycles. The van der Waals surface area contributed by atoms with Crippen molar-refractivity contribution in [2.45, 2.75) is 0 Å². The van der Waals surface area contributed by atoms with Crippen molar-refractivity contribution >= 4 is 45.2 Å². The lowest BCUT2D eigenvalue weighted by Crippen LogP contribution is -2.02. The van der Waals surface area contributed by atoms with Crippen LogP contribution in [-0.4, -0.2) is 29.9 Å². The molecule has 5 aromatic rings. The predicted octanol–water partition coefficient (Wildman–Crippen LogP) is 6.40. The van der Waals surface area contributed by atoms with Gasteiger partial charge in [0.25, 0.3) is 0 Å². The van der Waals surface area contributed by atoms with E-state index in [9.17, 15) is 17.6 Å². The predicted molar refractivity (Wildman–Crippen MR) is 135 cm³/mol. The molecule has 2 N–H and O–H groups in total. The van der Waals surface area contributed by atoms with Crippen molar-refractivity contribution in [3.63, 3.8) is 0 Å². The lowest BCUT2D eigenvalue weighted by molar-refractivity contribution is 0.437. The average molecular weight is 692 g/mol. The maximum absolute atomic E-state index is 12.6. The Morgan fingerprint density at radius 2 is 0.853 bits per heavy atom. The van der Waals surface area contributed by atoms with Crippen LogP contribution in [0.5, 0.6) is 0 Å². The monoisotopic (exact) mass is 692 g/mol. The Morgan fingerprint density at radius 1 is 0.529 bits per heavy atom. The van der Waals surface area contributed by atoms with E-state index in [0.29, 0.717) is 0 Å². The number of nitrogens with zero attached hydrogens (tertiary/aromatic N) is 4. The molecule has 0 aliphatic rings. The molecule has 0 atom stereocenters. The van der Waals surface area contributed by atoms with Crippen LogP contribution in [0.1, 0.15) is 0 Å². The van der Waals surface area contributed by atoms with E-state index in [1.165, 1.54) is 45.2 Å². The molecule has 34 heavy (non-hydrogen) atoms. The normalized spacial score (nSPS) is 10.1. The number of nitrogens with one attached hydrogen (secondary N) is 2. The van der Waals surface area contributed by atoms with Gasteiger partial charge in [-0.25, -0.2) is 27.5 Å². The molecule has 0 spiro atoms. The molecule has 0 aliphatic carbocycles. The lowest BCUT2D eigenvalue weighted by Gasteiger charge is -2.02. The first kappa shape index (κ1) is 25.7. The fraction of sp³-hybridized carbons (Fsp3) is 0. The van der Waals surface area contributed by atoms with Crippen LogP contribution < -0.4 is 0 Å². The van der Waals surface area contributed by atoms with Gasteiger partial charge in [-0.15, -0.1) is 0 Å².